The van der Waals surface area contributed by atoms with E-state index in [0.29, 0.717) is 0 Å². The van der Waals surface area contributed by atoms with Crippen LogP contribution in [0.15, 0.2) is 12.2 Å². The van der Waals surface area contributed by atoms with Gasteiger partial charge < -0.3 is 12.6 Å². The van der Waals surface area contributed by atoms with Gasteiger partial charge in [0.1, 0.15) is 0 Å². The minimum Gasteiger partial charge on any atom is -0.792 e. The lowest BCUT2D eigenvalue weighted by Gasteiger charge is -1.93. The molecular weight excluding hydrogens is 92.1 g/mol. The highest BCUT2D eigenvalue weighted by Gasteiger charge is 1.80. The monoisotopic (exact) mass is 100 g/mol. The molecule has 0 aromatic rings. The maximum atomic E-state index is 4.63. The molecule has 0 spiro atoms. The Balaban J connectivity index is 2.83. The van der Waals surface area contributed by atoms with E-state index in [1.165, 1.54) is 0 Å². The Hall–Kier alpha value is -0.0400. The molecule has 0 saturated carbocycles. The molecule has 0 radical (unpaired) electrons. The summed E-state index contributed by atoms with van der Waals surface area (Å²) in [6.07, 6.45) is 0.884. The summed E-state index contributed by atoms with van der Waals surface area (Å²) in [5.41, 5.74) is 0.935. The van der Waals surface area contributed by atoms with Gasteiger partial charge in [-0.05, 0) is 6.42 Å². The molecule has 0 bridgehead atoms. The number of hydrogen-bond acceptors (Lipinski definition) is 1. The predicted octanol–water partition coefficient (Wildman–Crippen LogP) is 1.31. The van der Waals surface area contributed by atoms with Crippen LogP contribution in [-0.4, -0.2) is 5.75 Å². The smallest absolute Gasteiger partial charge is 0.0945 e. The third-order valence-corrected chi connectivity index (χ3v) is 0.660. The Morgan fingerprint density at radius 2 is 2.33 bits per heavy atom. The molecule has 0 N–H and O–H groups in total. The fraction of sp³-hybridized carbons (Fsp3) is 0.400. The molecule has 0 saturated heterocycles. The highest BCUT2D eigenvalue weighted by Crippen LogP contribution is 1.90. The fourth-order valence-electron chi connectivity index (χ4n) is 0.144. The van der Waals surface area contributed by atoms with Gasteiger partial charge in [0.2, 0.25) is 0 Å². The first-order valence-electron chi connectivity index (χ1n) is 1.85. The average Bonchev–Trinajstić information content (AvgIpc) is 1.35. The van der Waals surface area contributed by atoms with Crippen LogP contribution in [0.1, 0.15) is 6.42 Å². The summed E-state index contributed by atoms with van der Waals surface area (Å²) in [4.78, 5) is 0. The van der Waals surface area contributed by atoms with Crippen molar-refractivity contribution in [2.24, 2.45) is 0 Å². The highest BCUT2D eigenvalue weighted by molar-refractivity contribution is 7.58. The maximum Gasteiger partial charge on any atom is 0.0945 e. The van der Waals surface area contributed by atoms with Crippen molar-refractivity contribution in [3.05, 3.63) is 19.1 Å². The Bertz CT molecular complexity index is 47.9. The van der Waals surface area contributed by atoms with Crippen LogP contribution in [-0.2, 0) is 12.6 Å². The van der Waals surface area contributed by atoms with Gasteiger partial charge in [0.15, 0.2) is 0 Å². The normalized spacial score (nSPS) is 8.17. The molecule has 0 aliphatic rings. The van der Waals surface area contributed by atoms with Crippen LogP contribution >= 0.6 is 0 Å². The van der Waals surface area contributed by atoms with Gasteiger partial charge >= 0.3 is 0 Å². The van der Waals surface area contributed by atoms with Crippen molar-refractivity contribution in [1.29, 1.82) is 0 Å². The van der Waals surface area contributed by atoms with Crippen molar-refractivity contribution < 1.29 is 0 Å². The molecular formula is C5H8S. The molecule has 0 fully saturated rings. The average molecular weight is 100 g/mol. The van der Waals surface area contributed by atoms with E-state index in [2.05, 4.69) is 26.1 Å². The molecule has 0 unspecified atom stereocenters. The second-order valence-electron chi connectivity index (χ2n) is 1.20. The van der Waals surface area contributed by atoms with Crippen molar-refractivity contribution in [3.63, 3.8) is 0 Å². The van der Waals surface area contributed by atoms with Gasteiger partial charge in [-0.1, -0.05) is 0 Å². The summed E-state index contributed by atoms with van der Waals surface area (Å²) in [6, 6.07) is 0. The fourth-order valence-corrected chi connectivity index (χ4v) is 0.433. The lowest BCUT2D eigenvalue weighted by molar-refractivity contribution is 1.18. The number of hydrogen-bond donors (Lipinski definition) is 0. The van der Waals surface area contributed by atoms with Crippen LogP contribution in [0.25, 0.3) is 0 Å². The van der Waals surface area contributed by atoms with E-state index < -0.39 is 0 Å². The number of rotatable bonds is 2. The van der Waals surface area contributed by atoms with Gasteiger partial charge in [-0.2, -0.15) is 5.75 Å². The molecule has 0 rings (SSSR count). The topological polar surface area (TPSA) is 0 Å². The lowest BCUT2D eigenvalue weighted by atomic mass is 10.3. The van der Waals surface area contributed by atoms with E-state index in [-0.39, 0.29) is 0 Å². The van der Waals surface area contributed by atoms with Crippen LogP contribution < -0.4 is 0 Å². The van der Waals surface area contributed by atoms with Crippen molar-refractivity contribution in [1.82, 2.24) is 0 Å². The van der Waals surface area contributed by atoms with Crippen LogP contribution in [0.3, 0.4) is 0 Å². The van der Waals surface area contributed by atoms with E-state index >= 15 is 0 Å². The summed E-state index contributed by atoms with van der Waals surface area (Å²) in [6.45, 7) is 7.13. The van der Waals surface area contributed by atoms with Gasteiger partial charge in [-0.3, -0.25) is 0 Å². The van der Waals surface area contributed by atoms with Crippen molar-refractivity contribution >= 4 is 12.6 Å². The molecule has 34 valence electrons. The summed E-state index contributed by atoms with van der Waals surface area (Å²) < 4.78 is 0. The Kier molecular flexibility index (Phi) is 3.14. The minimum absolute atomic E-state index is 0.752. The molecule has 0 aliphatic heterocycles. The quantitative estimate of drug-likeness (QED) is 0.372. The van der Waals surface area contributed by atoms with Gasteiger partial charge in [-0.15, -0.1) is 0 Å². The van der Waals surface area contributed by atoms with E-state index in [0.717, 1.165) is 17.7 Å². The Labute approximate surface area is 44.7 Å². The van der Waals surface area contributed by atoms with Crippen LogP contribution in [0, 0.1) is 6.92 Å². The summed E-state index contributed by atoms with van der Waals surface area (Å²) >= 11 is 4.63. The summed E-state index contributed by atoms with van der Waals surface area (Å²) in [5, 5.41) is 0. The minimum atomic E-state index is 0.752. The van der Waals surface area contributed by atoms with Gasteiger partial charge in [0.25, 0.3) is 0 Å². The molecule has 1 heteroatoms. The molecule has 0 amide bonds. The standard InChI is InChI=1S/C5H8S/c1-5(2)3-4-6/h1-4H2. The molecule has 0 aromatic carbocycles. The van der Waals surface area contributed by atoms with E-state index in [9.17, 15) is 0 Å². The Morgan fingerprint density at radius 3 is 2.33 bits per heavy atom. The van der Waals surface area contributed by atoms with Crippen LogP contribution in [0.4, 0.5) is 0 Å². The number of allylic oxidation sites excluding steroid dienone is 1. The highest BCUT2D eigenvalue weighted by atomic mass is 32.1. The first-order valence-corrected chi connectivity index (χ1v) is 2.43. The first-order chi connectivity index (χ1) is 2.77. The van der Waals surface area contributed by atoms with E-state index in [1.54, 1.807) is 0 Å². The zero-order chi connectivity index (χ0) is 4.99. The van der Waals surface area contributed by atoms with Crippen LogP contribution in [0.2, 0.25) is 0 Å². The zero-order valence-corrected chi connectivity index (χ0v) is 4.55. The first kappa shape index (κ1) is 5.96. The van der Waals surface area contributed by atoms with E-state index in [1.807, 2.05) is 0 Å². The second kappa shape index (κ2) is 3.16. The zero-order valence-electron chi connectivity index (χ0n) is 3.74. The molecule has 6 heavy (non-hydrogen) atoms. The molecule has 0 atom stereocenters. The maximum absolute atomic E-state index is 4.63. The third kappa shape index (κ3) is 3.96. The molecule has 0 aliphatic carbocycles. The third-order valence-electron chi connectivity index (χ3n) is 0.456. The summed E-state index contributed by atoms with van der Waals surface area (Å²) in [5.74, 6) is 0.752. The van der Waals surface area contributed by atoms with Gasteiger partial charge in [0.05, 0.1) is 5.57 Å². The second-order valence-corrected chi connectivity index (χ2v) is 1.61. The largest absolute Gasteiger partial charge is 0.792 e. The van der Waals surface area contributed by atoms with E-state index in [4.69, 9.17) is 0 Å². The predicted molar refractivity (Wildman–Crippen MR) is 31.3 cm³/mol. The van der Waals surface area contributed by atoms with Crippen molar-refractivity contribution in [2.45, 2.75) is 6.42 Å². The van der Waals surface area contributed by atoms with Crippen LogP contribution in [0.5, 0.6) is 0 Å². The SMILES string of the molecule is C=C([CH2+])CC[S-]. The summed E-state index contributed by atoms with van der Waals surface area (Å²) in [7, 11) is 0. The lowest BCUT2D eigenvalue weighted by Crippen LogP contribution is -1.76. The molecule has 0 heterocycles. The van der Waals surface area contributed by atoms with Crippen molar-refractivity contribution in [2.75, 3.05) is 5.75 Å². The molecule has 0 aromatic heterocycles. The molecule has 0 nitrogen and oxygen atoms in total. The van der Waals surface area contributed by atoms with Gasteiger partial charge in [0, 0.05) is 13.5 Å². The Morgan fingerprint density at radius 1 is 1.83 bits per heavy atom. The van der Waals surface area contributed by atoms with Crippen molar-refractivity contribution in [3.8, 4) is 0 Å². The van der Waals surface area contributed by atoms with Gasteiger partial charge in [-0.25, -0.2) is 0 Å².